The number of aryl methyl sites for hydroxylation is 1. The number of rotatable bonds is 4. The number of nitrogens with zero attached hydrogens (tertiary/aromatic N) is 4. The Balaban J connectivity index is 1.79. The lowest BCUT2D eigenvalue weighted by atomic mass is 9.95. The molecule has 2 aromatic rings. The number of aromatic nitrogens is 3. The molecule has 2 aliphatic heterocycles. The van der Waals surface area contributed by atoms with E-state index in [1.54, 1.807) is 0 Å². The van der Waals surface area contributed by atoms with Crippen LogP contribution in [-0.2, 0) is 13.0 Å². The molecule has 22 heavy (non-hydrogen) atoms. The molecule has 0 amide bonds. The van der Waals surface area contributed by atoms with Crippen LogP contribution in [0.15, 0.2) is 30.3 Å². The second kappa shape index (κ2) is 5.84. The maximum atomic E-state index is 4.52. The van der Waals surface area contributed by atoms with Crippen molar-refractivity contribution in [2.75, 3.05) is 6.54 Å². The fraction of sp³-hybridized carbons (Fsp3) is 0.556. The van der Waals surface area contributed by atoms with E-state index in [9.17, 15) is 0 Å². The highest BCUT2D eigenvalue weighted by atomic mass is 15.5. The van der Waals surface area contributed by atoms with Gasteiger partial charge >= 0.3 is 0 Å². The lowest BCUT2D eigenvalue weighted by Crippen LogP contribution is -2.43. The number of hydrogen-bond acceptors (Lipinski definition) is 3. The van der Waals surface area contributed by atoms with Crippen LogP contribution in [0.25, 0.3) is 0 Å². The highest BCUT2D eigenvalue weighted by Gasteiger charge is 2.40. The van der Waals surface area contributed by atoms with E-state index in [1.807, 2.05) is 0 Å². The van der Waals surface area contributed by atoms with Crippen molar-refractivity contribution >= 4 is 0 Å². The number of fused-ring (bicyclic) bond motifs is 2. The van der Waals surface area contributed by atoms with Gasteiger partial charge in [0.25, 0.3) is 0 Å². The molecule has 0 spiro atoms. The maximum absolute atomic E-state index is 4.52. The summed E-state index contributed by atoms with van der Waals surface area (Å²) >= 11 is 0. The van der Waals surface area contributed by atoms with E-state index in [1.165, 1.54) is 49.2 Å². The summed E-state index contributed by atoms with van der Waals surface area (Å²) in [6.07, 6.45) is 6.03. The third kappa shape index (κ3) is 2.26. The van der Waals surface area contributed by atoms with E-state index in [-0.39, 0.29) is 0 Å². The predicted octanol–water partition coefficient (Wildman–Crippen LogP) is 3.19. The number of unbranched alkanes of at least 4 members (excludes halogenated alkanes) is 1. The molecule has 0 saturated carbocycles. The Kier molecular flexibility index (Phi) is 3.70. The van der Waals surface area contributed by atoms with Gasteiger partial charge in [0, 0.05) is 6.04 Å². The summed E-state index contributed by atoms with van der Waals surface area (Å²) in [5.41, 5.74) is 3.94. The minimum atomic E-state index is 0.337. The topological polar surface area (TPSA) is 34.0 Å². The summed E-state index contributed by atoms with van der Waals surface area (Å²) in [7, 11) is 0. The smallest absolute Gasteiger partial charge is 0.0879 e. The first-order chi connectivity index (χ1) is 10.9. The van der Waals surface area contributed by atoms with Crippen molar-refractivity contribution < 1.29 is 0 Å². The Bertz CT molecular complexity index is 634. The van der Waals surface area contributed by atoms with Gasteiger partial charge in [0.15, 0.2) is 0 Å². The molecule has 0 N–H and O–H groups in total. The molecule has 3 heterocycles. The van der Waals surface area contributed by atoms with Crippen molar-refractivity contribution in [2.45, 2.75) is 57.7 Å². The van der Waals surface area contributed by atoms with Crippen molar-refractivity contribution in [1.29, 1.82) is 0 Å². The maximum Gasteiger partial charge on any atom is 0.0879 e. The molecule has 0 aliphatic carbocycles. The minimum absolute atomic E-state index is 0.337. The van der Waals surface area contributed by atoms with Crippen molar-refractivity contribution in [3.05, 3.63) is 47.3 Å². The quantitative estimate of drug-likeness (QED) is 0.869. The molecule has 0 unspecified atom stereocenters. The summed E-state index contributed by atoms with van der Waals surface area (Å²) in [6.45, 7) is 4.45. The highest BCUT2D eigenvalue weighted by Crippen LogP contribution is 2.39. The third-order valence-electron chi connectivity index (χ3n) is 5.13. The van der Waals surface area contributed by atoms with Crippen LogP contribution < -0.4 is 0 Å². The van der Waals surface area contributed by atoms with E-state index >= 15 is 0 Å². The second-order valence-electron chi connectivity index (χ2n) is 6.55. The molecular weight excluding hydrogens is 272 g/mol. The molecule has 4 rings (SSSR count). The van der Waals surface area contributed by atoms with E-state index in [2.05, 4.69) is 57.1 Å². The first-order valence-corrected chi connectivity index (χ1v) is 8.61. The Morgan fingerprint density at radius 3 is 2.91 bits per heavy atom. The van der Waals surface area contributed by atoms with Crippen LogP contribution >= 0.6 is 0 Å². The van der Waals surface area contributed by atoms with Gasteiger partial charge in [-0.2, -0.15) is 0 Å². The van der Waals surface area contributed by atoms with Gasteiger partial charge in [-0.25, -0.2) is 4.68 Å². The molecule has 1 aromatic heterocycles. The summed E-state index contributed by atoms with van der Waals surface area (Å²) < 4.78 is 2.19. The molecule has 1 saturated heterocycles. The Morgan fingerprint density at radius 1 is 1.23 bits per heavy atom. The Labute approximate surface area is 132 Å². The molecule has 116 valence electrons. The zero-order valence-electron chi connectivity index (χ0n) is 13.3. The first-order valence-electron chi connectivity index (χ1n) is 8.61. The van der Waals surface area contributed by atoms with Crippen LogP contribution in [0.2, 0.25) is 0 Å². The summed E-state index contributed by atoms with van der Waals surface area (Å²) in [4.78, 5) is 2.68. The van der Waals surface area contributed by atoms with Crippen molar-refractivity contribution in [3.8, 4) is 0 Å². The fourth-order valence-electron chi connectivity index (χ4n) is 4.05. The Hall–Kier alpha value is -1.68. The van der Waals surface area contributed by atoms with Gasteiger partial charge in [0.2, 0.25) is 0 Å². The molecule has 0 radical (unpaired) electrons. The van der Waals surface area contributed by atoms with Gasteiger partial charge < -0.3 is 0 Å². The second-order valence-corrected chi connectivity index (χ2v) is 6.55. The SMILES string of the molecule is CCCCc1nnn2c1[C@H](c1ccccc1)N1CCC[C@H]1C2. The van der Waals surface area contributed by atoms with Crippen molar-refractivity contribution in [2.24, 2.45) is 0 Å². The van der Waals surface area contributed by atoms with Crippen LogP contribution in [-0.4, -0.2) is 32.5 Å². The molecule has 2 aliphatic rings. The van der Waals surface area contributed by atoms with Crippen LogP contribution in [0, 0.1) is 0 Å². The van der Waals surface area contributed by atoms with E-state index in [4.69, 9.17) is 0 Å². The molecule has 1 fully saturated rings. The largest absolute Gasteiger partial charge is 0.286 e. The van der Waals surface area contributed by atoms with Gasteiger partial charge in [-0.3, -0.25) is 4.90 Å². The normalized spacial score (nSPS) is 24.2. The van der Waals surface area contributed by atoms with Gasteiger partial charge in [0.05, 0.1) is 24.0 Å². The predicted molar refractivity (Wildman–Crippen MR) is 86.6 cm³/mol. The standard InChI is InChI=1S/C18H24N4/c1-2-3-11-16-18-17(14-8-5-4-6-9-14)21-12-7-10-15(21)13-22(18)20-19-16/h4-6,8-9,15,17H,2-3,7,10-13H2,1H3/t15-,17-/m0/s1. The van der Waals surface area contributed by atoms with Gasteiger partial charge in [0.1, 0.15) is 0 Å². The molecular formula is C18H24N4. The summed E-state index contributed by atoms with van der Waals surface area (Å²) in [5, 5.41) is 9.01. The molecule has 1 aromatic carbocycles. The van der Waals surface area contributed by atoms with Crippen LogP contribution in [0.5, 0.6) is 0 Å². The molecule has 4 heteroatoms. The van der Waals surface area contributed by atoms with Crippen LogP contribution in [0.4, 0.5) is 0 Å². The molecule has 2 atom stereocenters. The van der Waals surface area contributed by atoms with Crippen LogP contribution in [0.3, 0.4) is 0 Å². The van der Waals surface area contributed by atoms with E-state index < -0.39 is 0 Å². The summed E-state index contributed by atoms with van der Waals surface area (Å²) in [6, 6.07) is 11.9. The van der Waals surface area contributed by atoms with Gasteiger partial charge in [-0.15, -0.1) is 5.10 Å². The average molecular weight is 296 g/mol. The third-order valence-corrected chi connectivity index (χ3v) is 5.13. The lowest BCUT2D eigenvalue weighted by molar-refractivity contribution is 0.146. The lowest BCUT2D eigenvalue weighted by Gasteiger charge is -2.38. The molecule has 0 bridgehead atoms. The summed E-state index contributed by atoms with van der Waals surface area (Å²) in [5.74, 6) is 0. The van der Waals surface area contributed by atoms with E-state index in [0.717, 1.165) is 13.0 Å². The number of hydrogen-bond donors (Lipinski definition) is 0. The van der Waals surface area contributed by atoms with Gasteiger partial charge in [-0.05, 0) is 37.8 Å². The zero-order chi connectivity index (χ0) is 14.9. The monoisotopic (exact) mass is 296 g/mol. The van der Waals surface area contributed by atoms with Crippen molar-refractivity contribution in [1.82, 2.24) is 19.9 Å². The van der Waals surface area contributed by atoms with Gasteiger partial charge in [-0.1, -0.05) is 48.9 Å². The minimum Gasteiger partial charge on any atom is -0.286 e. The van der Waals surface area contributed by atoms with Crippen LogP contribution in [0.1, 0.15) is 55.6 Å². The average Bonchev–Trinajstić information content (AvgIpc) is 3.18. The van der Waals surface area contributed by atoms with E-state index in [0.29, 0.717) is 12.1 Å². The number of benzene rings is 1. The van der Waals surface area contributed by atoms with Crippen molar-refractivity contribution in [3.63, 3.8) is 0 Å². The Morgan fingerprint density at radius 2 is 2.09 bits per heavy atom. The fourth-order valence-corrected chi connectivity index (χ4v) is 4.05. The highest BCUT2D eigenvalue weighted by molar-refractivity contribution is 5.32. The first kappa shape index (κ1) is 13.9. The zero-order valence-corrected chi connectivity index (χ0v) is 13.3. The molecule has 4 nitrogen and oxygen atoms in total.